The third-order valence-electron chi connectivity index (χ3n) is 4.71. The largest absolute Gasteiger partial charge is 0.419 e. The first-order valence-electron chi connectivity index (χ1n) is 8.65. The normalized spacial score (nSPS) is 18.7. The van der Waals surface area contributed by atoms with Gasteiger partial charge in [0.25, 0.3) is 11.6 Å². The van der Waals surface area contributed by atoms with E-state index in [-0.39, 0.29) is 24.0 Å². The summed E-state index contributed by atoms with van der Waals surface area (Å²) in [5, 5.41) is 21.2. The Labute approximate surface area is 164 Å². The lowest BCUT2D eigenvalue weighted by Gasteiger charge is -2.21. The summed E-state index contributed by atoms with van der Waals surface area (Å²) in [7, 11) is 0. The van der Waals surface area contributed by atoms with Crippen LogP contribution >= 0.6 is 0 Å². The number of nitro benzene ring substituents is 1. The van der Waals surface area contributed by atoms with Crippen molar-refractivity contribution in [2.75, 3.05) is 0 Å². The molecule has 2 aromatic carbocycles. The molecule has 10 heteroatoms. The lowest BCUT2D eigenvalue weighted by molar-refractivity contribution is -0.384. The van der Waals surface area contributed by atoms with E-state index in [1.807, 2.05) is 6.07 Å². The number of benzene rings is 2. The van der Waals surface area contributed by atoms with E-state index < -0.39 is 22.4 Å². The van der Waals surface area contributed by atoms with Gasteiger partial charge in [-0.15, -0.1) is 10.2 Å². The maximum absolute atomic E-state index is 12.9. The highest BCUT2D eigenvalue weighted by atomic mass is 16.6. The van der Waals surface area contributed by atoms with Crippen molar-refractivity contribution in [3.63, 3.8) is 0 Å². The van der Waals surface area contributed by atoms with E-state index in [2.05, 4.69) is 15.5 Å². The van der Waals surface area contributed by atoms with Gasteiger partial charge in [-0.25, -0.2) is 4.79 Å². The second-order valence-electron chi connectivity index (χ2n) is 6.62. The zero-order valence-corrected chi connectivity index (χ0v) is 15.2. The van der Waals surface area contributed by atoms with Crippen molar-refractivity contribution in [3.8, 4) is 11.5 Å². The summed E-state index contributed by atoms with van der Waals surface area (Å²) in [5.41, 5.74) is -0.0915. The van der Waals surface area contributed by atoms with E-state index in [4.69, 9.17) is 4.42 Å². The van der Waals surface area contributed by atoms with E-state index in [9.17, 15) is 19.7 Å². The van der Waals surface area contributed by atoms with Crippen LogP contribution in [0.15, 0.2) is 59.0 Å². The first-order valence-corrected chi connectivity index (χ1v) is 8.65. The van der Waals surface area contributed by atoms with Crippen LogP contribution in [0.1, 0.15) is 18.4 Å². The molecule has 1 fully saturated rings. The maximum atomic E-state index is 12.9. The van der Waals surface area contributed by atoms with Gasteiger partial charge in [0.05, 0.1) is 4.92 Å². The van der Waals surface area contributed by atoms with E-state index in [0.29, 0.717) is 11.1 Å². The minimum Gasteiger partial charge on any atom is -0.419 e. The summed E-state index contributed by atoms with van der Waals surface area (Å²) in [5.74, 6) is -0.226. The predicted molar refractivity (Wildman–Crippen MR) is 99.3 cm³/mol. The van der Waals surface area contributed by atoms with Gasteiger partial charge in [-0.1, -0.05) is 30.3 Å². The minimum absolute atomic E-state index is 0.0620. The highest BCUT2D eigenvalue weighted by molar-refractivity contribution is 6.07. The number of imide groups is 1. The fraction of sp³-hybridized carbons (Fsp3) is 0.158. The van der Waals surface area contributed by atoms with Gasteiger partial charge < -0.3 is 9.73 Å². The predicted octanol–water partition coefficient (Wildman–Crippen LogP) is 2.61. The van der Waals surface area contributed by atoms with Crippen LogP contribution in [-0.2, 0) is 16.9 Å². The van der Waals surface area contributed by atoms with Crippen molar-refractivity contribution in [2.24, 2.45) is 0 Å². The molecule has 3 aromatic rings. The van der Waals surface area contributed by atoms with Crippen LogP contribution in [0.25, 0.3) is 11.5 Å². The van der Waals surface area contributed by atoms with E-state index in [1.165, 1.54) is 24.3 Å². The lowest BCUT2D eigenvalue weighted by Crippen LogP contribution is -2.40. The molecule has 1 aliphatic rings. The third-order valence-corrected chi connectivity index (χ3v) is 4.71. The Morgan fingerprint density at radius 1 is 1.10 bits per heavy atom. The lowest BCUT2D eigenvalue weighted by atomic mass is 9.92. The van der Waals surface area contributed by atoms with Gasteiger partial charge in [0.1, 0.15) is 12.1 Å². The summed E-state index contributed by atoms with van der Waals surface area (Å²) in [6, 6.07) is 14.0. The molecular formula is C19H15N5O5. The van der Waals surface area contributed by atoms with Crippen LogP contribution in [0, 0.1) is 10.1 Å². The van der Waals surface area contributed by atoms with Crippen molar-refractivity contribution < 1.29 is 18.9 Å². The third kappa shape index (κ3) is 3.20. The van der Waals surface area contributed by atoms with Gasteiger partial charge in [-0.3, -0.25) is 19.8 Å². The molecule has 10 nitrogen and oxygen atoms in total. The van der Waals surface area contributed by atoms with Crippen LogP contribution in [0.3, 0.4) is 0 Å². The zero-order valence-electron chi connectivity index (χ0n) is 15.2. The van der Waals surface area contributed by atoms with Crippen LogP contribution in [0.5, 0.6) is 0 Å². The van der Waals surface area contributed by atoms with Crippen molar-refractivity contribution >= 4 is 17.6 Å². The number of hydrogen-bond acceptors (Lipinski definition) is 7. The summed E-state index contributed by atoms with van der Waals surface area (Å²) >= 11 is 0. The molecule has 0 spiro atoms. The topological polar surface area (TPSA) is 131 Å². The Morgan fingerprint density at radius 3 is 2.45 bits per heavy atom. The second-order valence-corrected chi connectivity index (χ2v) is 6.62. The molecule has 1 N–H and O–H groups in total. The van der Waals surface area contributed by atoms with Crippen LogP contribution in [-0.4, -0.2) is 32.0 Å². The SMILES string of the molecule is CC1(c2ccccc2)NC(=O)N(Cc2nnc(-c3ccc([N+](=O)[O-])cc3)o2)C1=O. The highest BCUT2D eigenvalue weighted by Crippen LogP contribution is 2.30. The molecule has 1 saturated heterocycles. The Kier molecular flexibility index (Phi) is 4.30. The molecule has 1 atom stereocenters. The van der Waals surface area contributed by atoms with Crippen molar-refractivity contribution in [1.29, 1.82) is 0 Å². The van der Waals surface area contributed by atoms with Crippen molar-refractivity contribution in [2.45, 2.75) is 19.0 Å². The molecule has 4 rings (SSSR count). The first-order chi connectivity index (χ1) is 13.9. The number of nitro groups is 1. The zero-order chi connectivity index (χ0) is 20.6. The molecule has 0 radical (unpaired) electrons. The monoisotopic (exact) mass is 393 g/mol. The van der Waals surface area contributed by atoms with Gasteiger partial charge in [0, 0.05) is 17.7 Å². The number of nitrogens with one attached hydrogen (secondary N) is 1. The van der Waals surface area contributed by atoms with E-state index in [0.717, 1.165) is 4.90 Å². The maximum Gasteiger partial charge on any atom is 0.325 e. The molecule has 2 heterocycles. The summed E-state index contributed by atoms with van der Waals surface area (Å²) in [4.78, 5) is 36.6. The number of hydrogen-bond donors (Lipinski definition) is 1. The fourth-order valence-electron chi connectivity index (χ4n) is 3.10. The van der Waals surface area contributed by atoms with Gasteiger partial charge in [0.15, 0.2) is 0 Å². The molecule has 0 aliphatic carbocycles. The second kappa shape index (κ2) is 6.82. The quantitative estimate of drug-likeness (QED) is 0.400. The number of nitrogens with zero attached hydrogens (tertiary/aromatic N) is 4. The number of aromatic nitrogens is 2. The first kappa shape index (κ1) is 18.3. The molecule has 0 saturated carbocycles. The molecule has 29 heavy (non-hydrogen) atoms. The van der Waals surface area contributed by atoms with Gasteiger partial charge in [-0.2, -0.15) is 0 Å². The number of carbonyl (C=O) groups excluding carboxylic acids is 2. The Bertz CT molecular complexity index is 1100. The number of urea groups is 1. The summed E-state index contributed by atoms with van der Waals surface area (Å²) in [6.45, 7) is 1.45. The van der Waals surface area contributed by atoms with Crippen LogP contribution in [0.4, 0.5) is 10.5 Å². The number of rotatable bonds is 5. The number of amides is 3. The van der Waals surface area contributed by atoms with Gasteiger partial charge >= 0.3 is 6.03 Å². The van der Waals surface area contributed by atoms with E-state index in [1.54, 1.807) is 31.2 Å². The smallest absolute Gasteiger partial charge is 0.325 e. The standard InChI is InChI=1S/C19H15N5O5/c1-19(13-5-3-2-4-6-13)17(25)23(18(26)20-19)11-15-21-22-16(29-15)12-7-9-14(10-8-12)24(27)28/h2-10H,11H2,1H3,(H,20,26). The van der Waals surface area contributed by atoms with Crippen LogP contribution in [0.2, 0.25) is 0 Å². The Morgan fingerprint density at radius 2 is 1.79 bits per heavy atom. The fourth-order valence-corrected chi connectivity index (χ4v) is 3.10. The molecular weight excluding hydrogens is 378 g/mol. The molecule has 1 unspecified atom stereocenters. The molecule has 146 valence electrons. The van der Waals surface area contributed by atoms with E-state index >= 15 is 0 Å². The van der Waals surface area contributed by atoms with Crippen molar-refractivity contribution in [1.82, 2.24) is 20.4 Å². The molecule has 0 bridgehead atoms. The van der Waals surface area contributed by atoms with Gasteiger partial charge in [0.2, 0.25) is 11.8 Å². The molecule has 3 amide bonds. The average molecular weight is 393 g/mol. The Hall–Kier alpha value is -4.08. The summed E-state index contributed by atoms with van der Waals surface area (Å²) < 4.78 is 5.54. The van der Waals surface area contributed by atoms with Crippen molar-refractivity contribution in [3.05, 3.63) is 76.2 Å². The highest BCUT2D eigenvalue weighted by Gasteiger charge is 2.49. The minimum atomic E-state index is -1.18. The molecule has 1 aliphatic heterocycles. The van der Waals surface area contributed by atoms with Crippen LogP contribution < -0.4 is 5.32 Å². The molecule has 1 aromatic heterocycles. The van der Waals surface area contributed by atoms with Gasteiger partial charge in [-0.05, 0) is 24.6 Å². The average Bonchev–Trinajstić information content (AvgIpc) is 3.28. The number of non-ortho nitro benzene ring substituents is 1. The summed E-state index contributed by atoms with van der Waals surface area (Å²) in [6.07, 6.45) is 0. The Balaban J connectivity index is 1.54. The number of carbonyl (C=O) groups is 2.